The van der Waals surface area contributed by atoms with E-state index in [4.69, 9.17) is 18.9 Å². The molecule has 6 heteroatoms. The highest BCUT2D eigenvalue weighted by molar-refractivity contribution is 5.95. The third-order valence-corrected chi connectivity index (χ3v) is 2.46. The molecule has 124 valence electrons. The Balaban J connectivity index is 4.31. The second kappa shape index (κ2) is 11.5. The van der Waals surface area contributed by atoms with Crippen molar-refractivity contribution in [3.63, 3.8) is 0 Å². The van der Waals surface area contributed by atoms with Gasteiger partial charge in [0, 0.05) is 26.9 Å². The van der Waals surface area contributed by atoms with Crippen LogP contribution in [0.4, 0.5) is 0 Å². The molecule has 0 spiro atoms. The SMILES string of the molecule is COCCCOCCC(C(=O)OC(C)C)C(=O)OC(C)C. The second-order valence-electron chi connectivity index (χ2n) is 5.27. The van der Waals surface area contributed by atoms with Gasteiger partial charge in [-0.1, -0.05) is 0 Å². The van der Waals surface area contributed by atoms with Crippen LogP contribution in [0.25, 0.3) is 0 Å². The van der Waals surface area contributed by atoms with Crippen molar-refractivity contribution in [1.82, 2.24) is 0 Å². The molecule has 0 aliphatic heterocycles. The summed E-state index contributed by atoms with van der Waals surface area (Å²) in [5, 5.41) is 0. The van der Waals surface area contributed by atoms with Crippen molar-refractivity contribution >= 4 is 11.9 Å². The zero-order chi connectivity index (χ0) is 16.3. The van der Waals surface area contributed by atoms with E-state index in [1.54, 1.807) is 34.8 Å². The minimum atomic E-state index is -0.933. The lowest BCUT2D eigenvalue weighted by molar-refractivity contribution is -0.167. The highest BCUT2D eigenvalue weighted by Gasteiger charge is 2.30. The normalized spacial score (nSPS) is 11.2. The maximum absolute atomic E-state index is 11.9. The van der Waals surface area contributed by atoms with Gasteiger partial charge in [-0.15, -0.1) is 0 Å². The fourth-order valence-corrected chi connectivity index (χ4v) is 1.57. The van der Waals surface area contributed by atoms with Crippen molar-refractivity contribution in [2.75, 3.05) is 26.9 Å². The summed E-state index contributed by atoms with van der Waals surface area (Å²) in [5.74, 6) is -2.05. The van der Waals surface area contributed by atoms with Crippen LogP contribution < -0.4 is 0 Å². The average molecular weight is 304 g/mol. The predicted molar refractivity (Wildman–Crippen MR) is 77.9 cm³/mol. The number of hydrogen-bond acceptors (Lipinski definition) is 6. The lowest BCUT2D eigenvalue weighted by Crippen LogP contribution is -2.32. The molecular formula is C15H28O6. The summed E-state index contributed by atoms with van der Waals surface area (Å²) in [6, 6.07) is 0. The van der Waals surface area contributed by atoms with Crippen molar-refractivity contribution < 1.29 is 28.5 Å². The Hall–Kier alpha value is -1.14. The van der Waals surface area contributed by atoms with Gasteiger partial charge in [-0.05, 0) is 40.5 Å². The van der Waals surface area contributed by atoms with Crippen molar-refractivity contribution in [2.45, 2.75) is 52.7 Å². The second-order valence-corrected chi connectivity index (χ2v) is 5.27. The van der Waals surface area contributed by atoms with Gasteiger partial charge in [0.25, 0.3) is 0 Å². The predicted octanol–water partition coefficient (Wildman–Crippen LogP) is 1.95. The average Bonchev–Trinajstić information content (AvgIpc) is 2.35. The molecule has 0 bridgehead atoms. The molecule has 21 heavy (non-hydrogen) atoms. The summed E-state index contributed by atoms with van der Waals surface area (Å²) < 4.78 is 20.5. The fourth-order valence-electron chi connectivity index (χ4n) is 1.57. The molecule has 0 aromatic heterocycles. The van der Waals surface area contributed by atoms with Crippen LogP contribution in [0.2, 0.25) is 0 Å². The highest BCUT2D eigenvalue weighted by atomic mass is 16.6. The molecule has 0 fully saturated rings. The molecule has 0 radical (unpaired) electrons. The van der Waals surface area contributed by atoms with E-state index in [0.29, 0.717) is 19.8 Å². The maximum Gasteiger partial charge on any atom is 0.320 e. The van der Waals surface area contributed by atoms with Gasteiger partial charge in [0.1, 0.15) is 0 Å². The summed E-state index contributed by atoms with van der Waals surface area (Å²) in [6.45, 7) is 8.41. The number of methoxy groups -OCH3 is 1. The molecule has 6 nitrogen and oxygen atoms in total. The van der Waals surface area contributed by atoms with E-state index in [0.717, 1.165) is 6.42 Å². The Labute approximate surface area is 127 Å². The molecule has 0 unspecified atom stereocenters. The van der Waals surface area contributed by atoms with E-state index < -0.39 is 17.9 Å². The van der Waals surface area contributed by atoms with Gasteiger partial charge in [0.05, 0.1) is 12.2 Å². The lowest BCUT2D eigenvalue weighted by Gasteiger charge is -2.18. The van der Waals surface area contributed by atoms with Crippen LogP contribution in [-0.4, -0.2) is 51.1 Å². The standard InChI is InChI=1S/C15H28O6/c1-11(2)20-14(16)13(15(17)21-12(3)4)7-10-19-9-6-8-18-5/h11-13H,6-10H2,1-5H3. The molecule has 0 aromatic carbocycles. The van der Waals surface area contributed by atoms with Crippen LogP contribution in [0, 0.1) is 5.92 Å². The van der Waals surface area contributed by atoms with Crippen LogP contribution >= 0.6 is 0 Å². The molecule has 0 heterocycles. The Morgan fingerprint density at radius 2 is 1.38 bits per heavy atom. The molecule has 0 saturated heterocycles. The summed E-state index contributed by atoms with van der Waals surface area (Å²) in [7, 11) is 1.62. The van der Waals surface area contributed by atoms with Gasteiger partial charge in [-0.2, -0.15) is 0 Å². The molecular weight excluding hydrogens is 276 g/mol. The van der Waals surface area contributed by atoms with E-state index >= 15 is 0 Å². The Bertz CT molecular complexity index is 279. The van der Waals surface area contributed by atoms with Crippen LogP contribution in [0.1, 0.15) is 40.5 Å². The Kier molecular flexibility index (Phi) is 10.9. The number of carbonyl (C=O) groups is 2. The zero-order valence-corrected chi connectivity index (χ0v) is 13.7. The molecule has 0 aromatic rings. The smallest absolute Gasteiger partial charge is 0.320 e. The minimum absolute atomic E-state index is 0.254. The first-order valence-corrected chi connectivity index (χ1v) is 7.36. The zero-order valence-electron chi connectivity index (χ0n) is 13.7. The quantitative estimate of drug-likeness (QED) is 0.330. The molecule has 0 N–H and O–H groups in total. The van der Waals surface area contributed by atoms with Crippen molar-refractivity contribution in [1.29, 1.82) is 0 Å². The largest absolute Gasteiger partial charge is 0.462 e. The molecule has 0 atom stereocenters. The number of ether oxygens (including phenoxy) is 4. The summed E-state index contributed by atoms with van der Waals surface area (Å²) in [5.41, 5.74) is 0. The third-order valence-electron chi connectivity index (χ3n) is 2.46. The van der Waals surface area contributed by atoms with Gasteiger partial charge in [0.2, 0.25) is 0 Å². The summed E-state index contributed by atoms with van der Waals surface area (Å²) in [4.78, 5) is 23.9. The Morgan fingerprint density at radius 1 is 0.857 bits per heavy atom. The molecule has 0 rings (SSSR count). The van der Waals surface area contributed by atoms with E-state index in [2.05, 4.69) is 0 Å². The van der Waals surface area contributed by atoms with Crippen molar-refractivity contribution in [3.05, 3.63) is 0 Å². The number of rotatable bonds is 11. The van der Waals surface area contributed by atoms with Crippen LogP contribution in [-0.2, 0) is 28.5 Å². The van der Waals surface area contributed by atoms with Gasteiger partial charge in [-0.25, -0.2) is 0 Å². The van der Waals surface area contributed by atoms with Gasteiger partial charge in [-0.3, -0.25) is 9.59 Å². The first-order valence-electron chi connectivity index (χ1n) is 7.36. The first kappa shape index (κ1) is 19.9. The number of esters is 2. The van der Waals surface area contributed by atoms with E-state index in [1.165, 1.54) is 0 Å². The molecule has 0 amide bonds. The maximum atomic E-state index is 11.9. The minimum Gasteiger partial charge on any atom is -0.462 e. The monoisotopic (exact) mass is 304 g/mol. The van der Waals surface area contributed by atoms with Gasteiger partial charge < -0.3 is 18.9 Å². The lowest BCUT2D eigenvalue weighted by atomic mass is 10.1. The molecule has 0 aliphatic rings. The van der Waals surface area contributed by atoms with E-state index in [9.17, 15) is 9.59 Å². The molecule has 0 saturated carbocycles. The van der Waals surface area contributed by atoms with E-state index in [-0.39, 0.29) is 18.6 Å². The van der Waals surface area contributed by atoms with Crippen LogP contribution in [0.15, 0.2) is 0 Å². The Morgan fingerprint density at radius 3 is 1.81 bits per heavy atom. The summed E-state index contributed by atoms with van der Waals surface area (Å²) >= 11 is 0. The fraction of sp³-hybridized carbons (Fsp3) is 0.867. The van der Waals surface area contributed by atoms with Crippen LogP contribution in [0.5, 0.6) is 0 Å². The van der Waals surface area contributed by atoms with Gasteiger partial charge >= 0.3 is 11.9 Å². The number of carbonyl (C=O) groups excluding carboxylic acids is 2. The van der Waals surface area contributed by atoms with Crippen molar-refractivity contribution in [2.24, 2.45) is 5.92 Å². The molecule has 0 aliphatic carbocycles. The highest BCUT2D eigenvalue weighted by Crippen LogP contribution is 2.12. The third kappa shape index (κ3) is 10.3. The van der Waals surface area contributed by atoms with E-state index in [1.807, 2.05) is 0 Å². The summed E-state index contributed by atoms with van der Waals surface area (Å²) in [6.07, 6.45) is 0.488. The van der Waals surface area contributed by atoms with Crippen LogP contribution in [0.3, 0.4) is 0 Å². The number of hydrogen-bond donors (Lipinski definition) is 0. The van der Waals surface area contributed by atoms with Gasteiger partial charge in [0.15, 0.2) is 5.92 Å². The topological polar surface area (TPSA) is 71.1 Å². The van der Waals surface area contributed by atoms with Crippen molar-refractivity contribution in [3.8, 4) is 0 Å². The first-order chi connectivity index (χ1) is 9.88.